The number of nitrogens with one attached hydrogen (secondary N) is 1. The van der Waals surface area contributed by atoms with Gasteiger partial charge in [-0.15, -0.1) is 0 Å². The first kappa shape index (κ1) is 23.9. The first-order valence-corrected chi connectivity index (χ1v) is 11.7. The zero-order chi connectivity index (χ0) is 24.5. The number of methoxy groups -OCH3 is 2. The average molecular weight is 479 g/mol. The zero-order valence-corrected chi connectivity index (χ0v) is 21.3. The maximum atomic E-state index is 6.12. The van der Waals surface area contributed by atoms with Crippen LogP contribution in [-0.4, -0.2) is 35.4 Å². The van der Waals surface area contributed by atoms with Gasteiger partial charge < -0.3 is 14.8 Å². The number of aryl methyl sites for hydroxylation is 1. The Morgan fingerprint density at radius 1 is 0.971 bits per heavy atom. The Bertz CT molecular complexity index is 1310. The first-order chi connectivity index (χ1) is 16.2. The number of aromatic nitrogens is 3. The molecule has 178 valence electrons. The van der Waals surface area contributed by atoms with E-state index in [0.29, 0.717) is 5.02 Å². The molecule has 0 spiro atoms. The second-order valence-corrected chi connectivity index (χ2v) is 9.78. The van der Waals surface area contributed by atoms with Crippen molar-refractivity contribution in [3.8, 4) is 22.6 Å². The summed E-state index contributed by atoms with van der Waals surface area (Å²) in [6, 6.07) is 15.9. The number of fused-ring (bicyclic) bond motifs is 1. The molecule has 0 saturated carbocycles. The normalized spacial score (nSPS) is 11.6. The van der Waals surface area contributed by atoms with Crippen molar-refractivity contribution in [2.75, 3.05) is 26.1 Å². The number of ether oxygens (including phenoxy) is 2. The highest BCUT2D eigenvalue weighted by atomic mass is 35.5. The number of halogens is 1. The van der Waals surface area contributed by atoms with Crippen LogP contribution in [0, 0.1) is 6.92 Å². The molecule has 0 aliphatic rings. The molecule has 0 fully saturated rings. The van der Waals surface area contributed by atoms with E-state index in [2.05, 4.69) is 38.2 Å². The average Bonchev–Trinajstić information content (AvgIpc) is 3.15. The SMILES string of the molecule is COc1ccc(CCNc2cc(C(C)(C)C)nc3c(-c4ccc(Cl)cc4)c(C)nn23)cc1OC. The minimum atomic E-state index is -0.114. The summed E-state index contributed by atoms with van der Waals surface area (Å²) in [7, 11) is 3.30. The summed E-state index contributed by atoms with van der Waals surface area (Å²) in [5.41, 5.74) is 5.87. The van der Waals surface area contributed by atoms with E-state index in [-0.39, 0.29) is 5.41 Å². The molecule has 0 radical (unpaired) electrons. The number of anilines is 1. The molecule has 1 N–H and O–H groups in total. The Labute approximate surface area is 205 Å². The Kier molecular flexibility index (Phi) is 6.71. The number of nitrogens with zero attached hydrogens (tertiary/aromatic N) is 3. The van der Waals surface area contributed by atoms with Gasteiger partial charge in [-0.25, -0.2) is 4.98 Å². The summed E-state index contributed by atoms with van der Waals surface area (Å²) < 4.78 is 12.7. The van der Waals surface area contributed by atoms with Gasteiger partial charge >= 0.3 is 0 Å². The molecule has 34 heavy (non-hydrogen) atoms. The van der Waals surface area contributed by atoms with Crippen LogP contribution >= 0.6 is 11.6 Å². The molecule has 7 heteroatoms. The molecule has 0 bridgehead atoms. The van der Waals surface area contributed by atoms with Crippen molar-refractivity contribution in [1.82, 2.24) is 14.6 Å². The van der Waals surface area contributed by atoms with Gasteiger partial charge in [0.15, 0.2) is 17.1 Å². The zero-order valence-electron chi connectivity index (χ0n) is 20.6. The van der Waals surface area contributed by atoms with Crippen molar-refractivity contribution in [1.29, 1.82) is 0 Å². The lowest BCUT2D eigenvalue weighted by Crippen LogP contribution is -2.17. The molecular weight excluding hydrogens is 448 g/mol. The van der Waals surface area contributed by atoms with Crippen LogP contribution in [0.3, 0.4) is 0 Å². The third-order valence-electron chi connectivity index (χ3n) is 5.83. The fourth-order valence-corrected chi connectivity index (χ4v) is 4.09. The molecule has 0 atom stereocenters. The highest BCUT2D eigenvalue weighted by Gasteiger charge is 2.22. The van der Waals surface area contributed by atoms with E-state index < -0.39 is 0 Å². The Morgan fingerprint density at radius 2 is 1.68 bits per heavy atom. The van der Waals surface area contributed by atoms with Crippen molar-refractivity contribution in [3.05, 3.63) is 70.5 Å². The summed E-state index contributed by atoms with van der Waals surface area (Å²) in [6.45, 7) is 9.26. The molecule has 2 aromatic carbocycles. The van der Waals surface area contributed by atoms with Crippen LogP contribution in [0.4, 0.5) is 5.82 Å². The van der Waals surface area contributed by atoms with Gasteiger partial charge in [0.2, 0.25) is 0 Å². The maximum Gasteiger partial charge on any atom is 0.165 e. The van der Waals surface area contributed by atoms with Gasteiger partial charge in [-0.2, -0.15) is 9.61 Å². The molecule has 2 aromatic heterocycles. The van der Waals surface area contributed by atoms with Crippen LogP contribution in [0.1, 0.15) is 37.7 Å². The molecular formula is C27H31ClN4O2. The predicted molar refractivity (Wildman–Crippen MR) is 139 cm³/mol. The lowest BCUT2D eigenvalue weighted by atomic mass is 9.92. The summed E-state index contributed by atoms with van der Waals surface area (Å²) >= 11 is 6.12. The monoisotopic (exact) mass is 478 g/mol. The summed E-state index contributed by atoms with van der Waals surface area (Å²) in [4.78, 5) is 5.03. The first-order valence-electron chi connectivity index (χ1n) is 11.3. The standard InChI is InChI=1S/C27H31ClN4O2/c1-17-25(19-8-10-20(28)11-9-19)26-30-23(27(2,3)4)16-24(32(26)31-17)29-14-13-18-7-12-21(33-5)22(15-18)34-6/h7-12,15-16,29H,13-14H2,1-6H3. The van der Waals surface area contributed by atoms with Crippen molar-refractivity contribution in [2.24, 2.45) is 0 Å². The Balaban J connectivity index is 1.69. The highest BCUT2D eigenvalue weighted by molar-refractivity contribution is 6.30. The summed E-state index contributed by atoms with van der Waals surface area (Å²) in [5, 5.41) is 9.12. The molecule has 0 saturated heterocycles. The van der Waals surface area contributed by atoms with Crippen molar-refractivity contribution in [2.45, 2.75) is 39.5 Å². The number of benzene rings is 2. The quantitative estimate of drug-likeness (QED) is 0.336. The highest BCUT2D eigenvalue weighted by Crippen LogP contribution is 2.33. The van der Waals surface area contributed by atoms with Crippen LogP contribution in [0.25, 0.3) is 16.8 Å². The summed E-state index contributed by atoms with van der Waals surface area (Å²) in [5.74, 6) is 2.38. The van der Waals surface area contributed by atoms with E-state index in [1.54, 1.807) is 14.2 Å². The lowest BCUT2D eigenvalue weighted by molar-refractivity contribution is 0.354. The second kappa shape index (κ2) is 9.55. The fraction of sp³-hybridized carbons (Fsp3) is 0.333. The van der Waals surface area contributed by atoms with Crippen LogP contribution in [0.5, 0.6) is 11.5 Å². The van der Waals surface area contributed by atoms with E-state index >= 15 is 0 Å². The largest absolute Gasteiger partial charge is 0.493 e. The molecule has 4 rings (SSSR count). The Morgan fingerprint density at radius 3 is 2.32 bits per heavy atom. The summed E-state index contributed by atoms with van der Waals surface area (Å²) in [6.07, 6.45) is 0.819. The third-order valence-corrected chi connectivity index (χ3v) is 6.09. The van der Waals surface area contributed by atoms with E-state index in [0.717, 1.165) is 64.0 Å². The van der Waals surface area contributed by atoms with Crippen molar-refractivity contribution < 1.29 is 9.47 Å². The van der Waals surface area contributed by atoms with Crippen LogP contribution < -0.4 is 14.8 Å². The minimum Gasteiger partial charge on any atom is -0.493 e. The molecule has 0 aliphatic carbocycles. The van der Waals surface area contributed by atoms with Crippen LogP contribution in [0.15, 0.2) is 48.5 Å². The molecule has 0 unspecified atom stereocenters. The molecule has 4 aromatic rings. The van der Waals surface area contributed by atoms with E-state index in [4.69, 9.17) is 31.2 Å². The second-order valence-electron chi connectivity index (χ2n) is 9.35. The molecule has 6 nitrogen and oxygen atoms in total. The third kappa shape index (κ3) is 4.82. The van der Waals surface area contributed by atoms with Gasteiger partial charge in [-0.3, -0.25) is 0 Å². The van der Waals surface area contributed by atoms with Gasteiger partial charge in [0.25, 0.3) is 0 Å². The molecule has 0 aliphatic heterocycles. The fourth-order valence-electron chi connectivity index (χ4n) is 3.96. The van der Waals surface area contributed by atoms with Crippen molar-refractivity contribution >= 4 is 23.1 Å². The predicted octanol–water partition coefficient (Wildman–Crippen LogP) is 6.33. The van der Waals surface area contributed by atoms with E-state index in [1.165, 1.54) is 0 Å². The molecule has 2 heterocycles. The number of hydrogen-bond donors (Lipinski definition) is 1. The lowest BCUT2D eigenvalue weighted by Gasteiger charge is -2.20. The van der Waals surface area contributed by atoms with E-state index in [1.807, 2.05) is 47.8 Å². The topological polar surface area (TPSA) is 60.7 Å². The molecule has 0 amide bonds. The van der Waals surface area contributed by atoms with Crippen LogP contribution in [0.2, 0.25) is 5.02 Å². The van der Waals surface area contributed by atoms with Gasteiger partial charge in [0.05, 0.1) is 25.6 Å². The number of rotatable bonds is 7. The van der Waals surface area contributed by atoms with Gasteiger partial charge in [-0.05, 0) is 48.7 Å². The van der Waals surface area contributed by atoms with E-state index in [9.17, 15) is 0 Å². The maximum absolute atomic E-state index is 6.12. The smallest absolute Gasteiger partial charge is 0.165 e. The number of hydrogen-bond acceptors (Lipinski definition) is 5. The van der Waals surface area contributed by atoms with Gasteiger partial charge in [-0.1, -0.05) is 50.6 Å². The van der Waals surface area contributed by atoms with Gasteiger partial charge in [0, 0.05) is 28.6 Å². The van der Waals surface area contributed by atoms with Crippen LogP contribution in [-0.2, 0) is 11.8 Å². The van der Waals surface area contributed by atoms with Crippen molar-refractivity contribution in [3.63, 3.8) is 0 Å². The van der Waals surface area contributed by atoms with Gasteiger partial charge in [0.1, 0.15) is 5.82 Å². The minimum absolute atomic E-state index is 0.114. The Hall–Kier alpha value is -3.25.